The molecular formula is C21H21NO4S. The second kappa shape index (κ2) is 8.22. The Hall–Kier alpha value is -2.86. The van der Waals surface area contributed by atoms with Gasteiger partial charge in [0.1, 0.15) is 34.6 Å². The molecule has 0 saturated carbocycles. The minimum atomic E-state index is -0.944. The van der Waals surface area contributed by atoms with Crippen molar-refractivity contribution in [2.45, 2.75) is 20.8 Å². The highest BCUT2D eigenvalue weighted by molar-refractivity contribution is 7.17. The second-order valence-corrected chi connectivity index (χ2v) is 7.23. The molecule has 0 unspecified atom stereocenters. The summed E-state index contributed by atoms with van der Waals surface area (Å²) in [6, 6.07) is 13.6. The number of carboxylic acid groups (broad SMARTS) is 1. The smallest absolute Gasteiger partial charge is 0.347 e. The van der Waals surface area contributed by atoms with Gasteiger partial charge in [-0.2, -0.15) is 0 Å². The highest BCUT2D eigenvalue weighted by atomic mass is 32.1. The summed E-state index contributed by atoms with van der Waals surface area (Å²) < 4.78 is 11.5. The SMILES string of the molecule is Cc1ccc(C)c(OCCOc2ccc(-c3nc(C)c(C(=O)O)s3)cc2)c1. The van der Waals surface area contributed by atoms with Crippen LogP contribution in [-0.2, 0) is 0 Å². The van der Waals surface area contributed by atoms with Crippen molar-refractivity contribution in [3.63, 3.8) is 0 Å². The van der Waals surface area contributed by atoms with Crippen molar-refractivity contribution in [1.82, 2.24) is 4.98 Å². The molecule has 0 aliphatic heterocycles. The normalized spacial score (nSPS) is 10.6. The first kappa shape index (κ1) is 18.9. The fourth-order valence-corrected chi connectivity index (χ4v) is 3.50. The molecule has 2 aromatic carbocycles. The van der Waals surface area contributed by atoms with E-state index >= 15 is 0 Å². The lowest BCUT2D eigenvalue weighted by Crippen LogP contribution is -2.09. The van der Waals surface area contributed by atoms with E-state index in [4.69, 9.17) is 14.6 Å². The number of ether oxygens (including phenoxy) is 2. The van der Waals surface area contributed by atoms with E-state index in [2.05, 4.69) is 11.1 Å². The van der Waals surface area contributed by atoms with Crippen LogP contribution in [0.25, 0.3) is 10.6 Å². The third-order valence-electron chi connectivity index (χ3n) is 4.05. The molecule has 0 amide bonds. The van der Waals surface area contributed by atoms with Gasteiger partial charge >= 0.3 is 5.97 Å². The Bertz CT molecular complexity index is 947. The van der Waals surface area contributed by atoms with Crippen molar-refractivity contribution in [3.8, 4) is 22.1 Å². The van der Waals surface area contributed by atoms with Crippen LogP contribution >= 0.6 is 11.3 Å². The van der Waals surface area contributed by atoms with Crippen molar-refractivity contribution in [2.24, 2.45) is 0 Å². The summed E-state index contributed by atoms with van der Waals surface area (Å²) in [6.07, 6.45) is 0. The standard InChI is InChI=1S/C21H21NO4S/c1-13-4-5-14(2)18(12-13)26-11-10-25-17-8-6-16(7-9-17)20-22-15(3)19(27-20)21(23)24/h4-9,12H,10-11H2,1-3H3,(H,23,24). The first-order valence-electron chi connectivity index (χ1n) is 8.58. The lowest BCUT2D eigenvalue weighted by Gasteiger charge is -2.11. The van der Waals surface area contributed by atoms with Gasteiger partial charge in [0.05, 0.1) is 5.69 Å². The van der Waals surface area contributed by atoms with Crippen LogP contribution in [0.15, 0.2) is 42.5 Å². The summed E-state index contributed by atoms with van der Waals surface area (Å²) in [5, 5.41) is 9.83. The molecule has 0 aliphatic carbocycles. The minimum Gasteiger partial charge on any atom is -0.490 e. The van der Waals surface area contributed by atoms with Crippen LogP contribution in [0.1, 0.15) is 26.5 Å². The molecule has 1 aromatic heterocycles. The Morgan fingerprint density at radius 3 is 2.41 bits per heavy atom. The van der Waals surface area contributed by atoms with Crippen molar-refractivity contribution >= 4 is 17.3 Å². The van der Waals surface area contributed by atoms with Gasteiger partial charge in [0.2, 0.25) is 0 Å². The first-order chi connectivity index (χ1) is 12.9. The lowest BCUT2D eigenvalue weighted by atomic mass is 10.1. The summed E-state index contributed by atoms with van der Waals surface area (Å²) in [5.74, 6) is 0.664. The third-order valence-corrected chi connectivity index (χ3v) is 5.24. The number of aryl methyl sites for hydroxylation is 3. The number of carbonyl (C=O) groups is 1. The van der Waals surface area contributed by atoms with E-state index in [-0.39, 0.29) is 4.88 Å². The van der Waals surface area contributed by atoms with Gasteiger partial charge < -0.3 is 14.6 Å². The van der Waals surface area contributed by atoms with E-state index in [0.717, 1.165) is 28.2 Å². The monoisotopic (exact) mass is 383 g/mol. The highest BCUT2D eigenvalue weighted by Gasteiger charge is 2.14. The highest BCUT2D eigenvalue weighted by Crippen LogP contribution is 2.29. The van der Waals surface area contributed by atoms with E-state index in [1.54, 1.807) is 6.92 Å². The Morgan fingerprint density at radius 2 is 1.74 bits per heavy atom. The molecule has 0 saturated heterocycles. The van der Waals surface area contributed by atoms with Crippen LogP contribution in [0.3, 0.4) is 0 Å². The van der Waals surface area contributed by atoms with Gasteiger partial charge in [-0.1, -0.05) is 12.1 Å². The van der Waals surface area contributed by atoms with Gasteiger partial charge in [0.15, 0.2) is 0 Å². The quantitative estimate of drug-likeness (QED) is 0.588. The molecule has 3 rings (SSSR count). The zero-order valence-corrected chi connectivity index (χ0v) is 16.3. The number of nitrogens with zero attached hydrogens (tertiary/aromatic N) is 1. The molecular weight excluding hydrogens is 362 g/mol. The molecule has 0 spiro atoms. The number of aromatic carboxylic acids is 1. The number of aromatic nitrogens is 1. The van der Waals surface area contributed by atoms with Crippen LogP contribution in [0.4, 0.5) is 0 Å². The molecule has 27 heavy (non-hydrogen) atoms. The van der Waals surface area contributed by atoms with Gasteiger partial charge in [-0.3, -0.25) is 0 Å². The summed E-state index contributed by atoms with van der Waals surface area (Å²) in [6.45, 7) is 6.65. The number of hydrogen-bond acceptors (Lipinski definition) is 5. The summed E-state index contributed by atoms with van der Waals surface area (Å²) >= 11 is 1.18. The molecule has 0 radical (unpaired) electrons. The van der Waals surface area contributed by atoms with Gasteiger partial charge in [-0.15, -0.1) is 11.3 Å². The molecule has 140 valence electrons. The Labute approximate surface area is 162 Å². The van der Waals surface area contributed by atoms with E-state index in [1.165, 1.54) is 11.3 Å². The number of hydrogen-bond donors (Lipinski definition) is 1. The van der Waals surface area contributed by atoms with Crippen molar-refractivity contribution in [3.05, 3.63) is 64.2 Å². The topological polar surface area (TPSA) is 68.7 Å². The van der Waals surface area contributed by atoms with Crippen molar-refractivity contribution in [2.75, 3.05) is 13.2 Å². The maximum Gasteiger partial charge on any atom is 0.347 e. The Morgan fingerprint density at radius 1 is 1.04 bits per heavy atom. The molecule has 0 aliphatic rings. The van der Waals surface area contributed by atoms with E-state index < -0.39 is 5.97 Å². The van der Waals surface area contributed by atoms with E-state index in [1.807, 2.05) is 50.2 Å². The molecule has 1 N–H and O–H groups in total. The molecule has 0 atom stereocenters. The Balaban J connectivity index is 1.56. The average molecular weight is 383 g/mol. The van der Waals surface area contributed by atoms with Crippen LogP contribution < -0.4 is 9.47 Å². The summed E-state index contributed by atoms with van der Waals surface area (Å²) in [4.78, 5) is 15.8. The third kappa shape index (κ3) is 4.65. The maximum absolute atomic E-state index is 11.1. The molecule has 0 bridgehead atoms. The van der Waals surface area contributed by atoms with Crippen LogP contribution in [0.5, 0.6) is 11.5 Å². The summed E-state index contributed by atoms with van der Waals surface area (Å²) in [7, 11) is 0. The summed E-state index contributed by atoms with van der Waals surface area (Å²) in [5.41, 5.74) is 3.67. The number of carboxylic acids is 1. The van der Waals surface area contributed by atoms with Gasteiger partial charge in [0.25, 0.3) is 0 Å². The van der Waals surface area contributed by atoms with E-state index in [9.17, 15) is 4.79 Å². The number of rotatable bonds is 7. The maximum atomic E-state index is 11.1. The van der Waals surface area contributed by atoms with Crippen LogP contribution in [-0.4, -0.2) is 29.3 Å². The first-order valence-corrected chi connectivity index (χ1v) is 9.39. The zero-order valence-electron chi connectivity index (χ0n) is 15.5. The van der Waals surface area contributed by atoms with Crippen LogP contribution in [0, 0.1) is 20.8 Å². The lowest BCUT2D eigenvalue weighted by molar-refractivity contribution is 0.0701. The van der Waals surface area contributed by atoms with Gasteiger partial charge in [-0.05, 0) is 62.2 Å². The molecule has 3 aromatic rings. The Kier molecular flexibility index (Phi) is 5.76. The molecule has 6 heteroatoms. The largest absolute Gasteiger partial charge is 0.490 e. The second-order valence-electron chi connectivity index (χ2n) is 6.23. The predicted octanol–water partition coefficient (Wildman–Crippen LogP) is 4.89. The molecule has 5 nitrogen and oxygen atoms in total. The zero-order chi connectivity index (χ0) is 19.4. The number of thiazole rings is 1. The van der Waals surface area contributed by atoms with Crippen molar-refractivity contribution in [1.29, 1.82) is 0 Å². The average Bonchev–Trinajstić information content (AvgIpc) is 3.04. The fourth-order valence-electron chi connectivity index (χ4n) is 2.59. The van der Waals surface area contributed by atoms with Crippen LogP contribution in [0.2, 0.25) is 0 Å². The minimum absolute atomic E-state index is 0.272. The molecule has 0 fully saturated rings. The number of benzene rings is 2. The van der Waals surface area contributed by atoms with E-state index in [0.29, 0.717) is 23.9 Å². The van der Waals surface area contributed by atoms with Gasteiger partial charge in [-0.25, -0.2) is 9.78 Å². The van der Waals surface area contributed by atoms with Crippen molar-refractivity contribution < 1.29 is 19.4 Å². The fraction of sp³-hybridized carbons (Fsp3) is 0.238. The predicted molar refractivity (Wildman–Crippen MR) is 106 cm³/mol. The molecule has 1 heterocycles. The van der Waals surface area contributed by atoms with Gasteiger partial charge in [0, 0.05) is 5.56 Å².